The molecular formula is C13H13Cl2N3O2. The Hall–Kier alpha value is -1.85. The Bertz CT molecular complexity index is 625. The summed E-state index contributed by atoms with van der Waals surface area (Å²) < 4.78 is 10.4. The van der Waals surface area contributed by atoms with Crippen molar-refractivity contribution in [3.05, 3.63) is 33.4 Å². The first-order valence-electron chi connectivity index (χ1n) is 5.65. The van der Waals surface area contributed by atoms with E-state index in [0.717, 1.165) is 5.69 Å². The fraction of sp³-hybridized carbons (Fsp3) is 0.154. The number of aromatic nitrogens is 2. The molecule has 0 unspecified atom stereocenters. The smallest absolute Gasteiger partial charge is 0.145 e. The predicted molar refractivity (Wildman–Crippen MR) is 81.5 cm³/mol. The van der Waals surface area contributed by atoms with Gasteiger partial charge in [-0.05, 0) is 12.2 Å². The van der Waals surface area contributed by atoms with Gasteiger partial charge in [-0.15, -0.1) is 0 Å². The van der Waals surface area contributed by atoms with Crippen LogP contribution in [0.15, 0.2) is 12.1 Å². The third-order valence-corrected chi connectivity index (χ3v) is 3.43. The molecule has 1 aromatic carbocycles. The molecule has 0 spiro atoms. The van der Waals surface area contributed by atoms with E-state index in [0.29, 0.717) is 32.9 Å². The van der Waals surface area contributed by atoms with Gasteiger partial charge in [0.05, 0.1) is 30.0 Å². The van der Waals surface area contributed by atoms with Gasteiger partial charge >= 0.3 is 0 Å². The number of methoxy groups -OCH3 is 2. The van der Waals surface area contributed by atoms with E-state index in [4.69, 9.17) is 38.4 Å². The van der Waals surface area contributed by atoms with Crippen molar-refractivity contribution in [3.8, 4) is 11.5 Å². The van der Waals surface area contributed by atoms with Crippen LogP contribution < -0.4 is 15.2 Å². The van der Waals surface area contributed by atoms with Crippen LogP contribution >= 0.6 is 23.2 Å². The second-order valence-electron chi connectivity index (χ2n) is 3.90. The fourth-order valence-corrected chi connectivity index (χ4v) is 2.29. The molecule has 0 amide bonds. The number of nitrogens with one attached hydrogen (secondary N) is 1. The Morgan fingerprint density at radius 3 is 2.15 bits per heavy atom. The van der Waals surface area contributed by atoms with Crippen LogP contribution in [-0.2, 0) is 0 Å². The molecule has 0 aliphatic carbocycles. The molecule has 0 radical (unpaired) electrons. The molecule has 1 heterocycles. The molecule has 0 saturated heterocycles. The van der Waals surface area contributed by atoms with Crippen LogP contribution in [-0.4, -0.2) is 24.4 Å². The van der Waals surface area contributed by atoms with Crippen molar-refractivity contribution in [2.75, 3.05) is 20.0 Å². The molecule has 0 bridgehead atoms. The molecule has 2 aromatic rings. The standard InChI is InChI=1S/C13H13Cl2N3O2/c1-19-9-6-10(20-2)13(15)8(12(9)14)4-3-7-5-11(16)18-17-7/h3-6H,1-2H3,(H3,16,17,18)/b4-3+. The lowest BCUT2D eigenvalue weighted by Gasteiger charge is -2.12. The number of nitrogens with two attached hydrogens (primary N) is 1. The van der Waals surface area contributed by atoms with E-state index >= 15 is 0 Å². The summed E-state index contributed by atoms with van der Waals surface area (Å²) in [5.41, 5.74) is 6.86. The zero-order valence-corrected chi connectivity index (χ0v) is 12.4. The van der Waals surface area contributed by atoms with E-state index in [1.165, 1.54) is 14.2 Å². The molecule has 106 valence electrons. The Kier molecular flexibility index (Phi) is 4.42. The summed E-state index contributed by atoms with van der Waals surface area (Å²) in [4.78, 5) is 0. The minimum atomic E-state index is 0.405. The van der Waals surface area contributed by atoms with Crippen molar-refractivity contribution in [2.24, 2.45) is 0 Å². The average molecular weight is 314 g/mol. The molecule has 0 aliphatic heterocycles. The number of benzene rings is 1. The first kappa shape index (κ1) is 14.6. The first-order valence-corrected chi connectivity index (χ1v) is 6.41. The average Bonchev–Trinajstić information content (AvgIpc) is 2.85. The van der Waals surface area contributed by atoms with Crippen LogP contribution in [0.4, 0.5) is 5.82 Å². The number of anilines is 1. The predicted octanol–water partition coefficient (Wildman–Crippen LogP) is 3.49. The van der Waals surface area contributed by atoms with E-state index in [-0.39, 0.29) is 0 Å². The number of nitrogen functional groups attached to an aromatic ring is 1. The molecule has 5 nitrogen and oxygen atoms in total. The quantitative estimate of drug-likeness (QED) is 0.906. The molecule has 0 atom stereocenters. The molecule has 3 N–H and O–H groups in total. The van der Waals surface area contributed by atoms with Crippen LogP contribution in [0.25, 0.3) is 12.2 Å². The zero-order chi connectivity index (χ0) is 14.7. The van der Waals surface area contributed by atoms with Gasteiger partial charge in [0.15, 0.2) is 0 Å². The van der Waals surface area contributed by atoms with Crippen LogP contribution in [0.1, 0.15) is 11.3 Å². The monoisotopic (exact) mass is 313 g/mol. The van der Waals surface area contributed by atoms with Gasteiger partial charge in [0.1, 0.15) is 17.3 Å². The van der Waals surface area contributed by atoms with Gasteiger partial charge in [-0.25, -0.2) is 0 Å². The number of H-pyrrole nitrogens is 1. The largest absolute Gasteiger partial charge is 0.495 e. The molecule has 2 rings (SSSR count). The van der Waals surface area contributed by atoms with E-state index in [9.17, 15) is 0 Å². The summed E-state index contributed by atoms with van der Waals surface area (Å²) in [7, 11) is 3.05. The second-order valence-corrected chi connectivity index (χ2v) is 4.66. The van der Waals surface area contributed by atoms with Crippen molar-refractivity contribution < 1.29 is 9.47 Å². The third kappa shape index (κ3) is 2.84. The van der Waals surface area contributed by atoms with Gasteiger partial charge in [-0.1, -0.05) is 23.2 Å². The summed E-state index contributed by atoms with van der Waals surface area (Å²) >= 11 is 12.5. The van der Waals surface area contributed by atoms with Crippen molar-refractivity contribution in [3.63, 3.8) is 0 Å². The number of ether oxygens (including phenoxy) is 2. The van der Waals surface area contributed by atoms with E-state index in [1.54, 1.807) is 24.3 Å². The highest BCUT2D eigenvalue weighted by Gasteiger charge is 2.15. The number of hydrogen-bond donors (Lipinski definition) is 2. The number of hydrogen-bond acceptors (Lipinski definition) is 4. The summed E-state index contributed by atoms with van der Waals surface area (Å²) in [6.45, 7) is 0. The van der Waals surface area contributed by atoms with Gasteiger partial charge in [-0.2, -0.15) is 5.10 Å². The maximum atomic E-state index is 6.25. The second kappa shape index (κ2) is 6.07. The van der Waals surface area contributed by atoms with E-state index in [1.807, 2.05) is 0 Å². The maximum absolute atomic E-state index is 6.25. The van der Waals surface area contributed by atoms with Gasteiger partial charge < -0.3 is 15.2 Å². The summed E-state index contributed by atoms with van der Waals surface area (Å²) in [6.07, 6.45) is 3.50. The Labute approximate surface area is 126 Å². The van der Waals surface area contributed by atoms with Gasteiger partial charge in [-0.3, -0.25) is 5.10 Å². The lowest BCUT2D eigenvalue weighted by Crippen LogP contribution is -1.92. The van der Waals surface area contributed by atoms with Gasteiger partial charge in [0, 0.05) is 17.7 Å². The summed E-state index contributed by atoms with van der Waals surface area (Å²) in [5, 5.41) is 7.40. The highest BCUT2D eigenvalue weighted by molar-refractivity contribution is 6.39. The lowest BCUT2D eigenvalue weighted by atomic mass is 10.1. The number of halogens is 2. The SMILES string of the molecule is COc1cc(OC)c(Cl)c(/C=C/c2cc(N)n[nH]2)c1Cl. The highest BCUT2D eigenvalue weighted by atomic mass is 35.5. The molecule has 7 heteroatoms. The lowest BCUT2D eigenvalue weighted by molar-refractivity contribution is 0.394. The van der Waals surface area contributed by atoms with E-state index < -0.39 is 0 Å². The normalized spacial score (nSPS) is 11.0. The van der Waals surface area contributed by atoms with Crippen molar-refractivity contribution in [1.29, 1.82) is 0 Å². The molecule has 0 fully saturated rings. The van der Waals surface area contributed by atoms with Crippen LogP contribution in [0.3, 0.4) is 0 Å². The minimum absolute atomic E-state index is 0.405. The number of nitrogens with zero attached hydrogens (tertiary/aromatic N) is 1. The topological polar surface area (TPSA) is 73.2 Å². The minimum Gasteiger partial charge on any atom is -0.495 e. The Morgan fingerprint density at radius 2 is 1.70 bits per heavy atom. The Balaban J connectivity index is 2.47. The van der Waals surface area contributed by atoms with Crippen molar-refractivity contribution >= 4 is 41.2 Å². The molecule has 20 heavy (non-hydrogen) atoms. The van der Waals surface area contributed by atoms with Gasteiger partial charge in [0.2, 0.25) is 0 Å². The highest BCUT2D eigenvalue weighted by Crippen LogP contribution is 2.41. The third-order valence-electron chi connectivity index (χ3n) is 2.65. The number of aromatic amines is 1. The summed E-state index contributed by atoms with van der Waals surface area (Å²) in [6, 6.07) is 3.33. The molecule has 1 aromatic heterocycles. The van der Waals surface area contributed by atoms with Crippen LogP contribution in [0, 0.1) is 0 Å². The fourth-order valence-electron chi connectivity index (χ4n) is 1.66. The zero-order valence-electron chi connectivity index (χ0n) is 10.9. The summed E-state index contributed by atoms with van der Waals surface area (Å²) in [5.74, 6) is 1.37. The van der Waals surface area contributed by atoms with Crippen LogP contribution in [0.2, 0.25) is 10.0 Å². The maximum Gasteiger partial charge on any atom is 0.145 e. The number of rotatable bonds is 4. The first-order chi connectivity index (χ1) is 9.56. The molecule has 0 aliphatic rings. The Morgan fingerprint density at radius 1 is 1.10 bits per heavy atom. The van der Waals surface area contributed by atoms with Crippen molar-refractivity contribution in [2.45, 2.75) is 0 Å². The van der Waals surface area contributed by atoms with Gasteiger partial charge in [0.25, 0.3) is 0 Å². The molecule has 0 saturated carbocycles. The molecular weight excluding hydrogens is 301 g/mol. The van der Waals surface area contributed by atoms with Crippen LogP contribution in [0.5, 0.6) is 11.5 Å². The van der Waals surface area contributed by atoms with E-state index in [2.05, 4.69) is 10.2 Å². The van der Waals surface area contributed by atoms with Crippen molar-refractivity contribution in [1.82, 2.24) is 10.2 Å².